The van der Waals surface area contributed by atoms with Gasteiger partial charge >= 0.3 is 0 Å². The van der Waals surface area contributed by atoms with Gasteiger partial charge in [-0.05, 0) is 30.7 Å². The molecule has 114 valence electrons. The van der Waals surface area contributed by atoms with Crippen molar-refractivity contribution in [2.45, 2.75) is 19.9 Å². The van der Waals surface area contributed by atoms with Crippen molar-refractivity contribution in [1.82, 2.24) is 15.1 Å². The fraction of sp³-hybridized carbons (Fsp3) is 0.400. The van der Waals surface area contributed by atoms with E-state index in [1.807, 2.05) is 41.2 Å². The maximum atomic E-state index is 11.4. The Balaban J connectivity index is 1.87. The number of sulfone groups is 1. The van der Waals surface area contributed by atoms with Crippen molar-refractivity contribution in [3.8, 4) is 5.69 Å². The first-order valence-electron chi connectivity index (χ1n) is 7.11. The van der Waals surface area contributed by atoms with E-state index in [2.05, 4.69) is 10.4 Å². The minimum atomic E-state index is -2.86. The normalized spacial score (nSPS) is 11.7. The van der Waals surface area contributed by atoms with Crippen LogP contribution in [0.4, 0.5) is 0 Å². The Bertz CT molecular complexity index is 651. The zero-order valence-corrected chi connectivity index (χ0v) is 13.0. The molecule has 0 fully saturated rings. The molecule has 21 heavy (non-hydrogen) atoms. The molecule has 1 aromatic carbocycles. The number of hydrogen-bond donors (Lipinski definition) is 1. The maximum Gasteiger partial charge on any atom is 0.150 e. The van der Waals surface area contributed by atoms with Gasteiger partial charge in [-0.25, -0.2) is 13.1 Å². The molecule has 1 N–H and O–H groups in total. The second kappa shape index (κ2) is 7.38. The van der Waals surface area contributed by atoms with Crippen LogP contribution in [-0.4, -0.2) is 36.2 Å². The van der Waals surface area contributed by atoms with Gasteiger partial charge in [0, 0.05) is 24.7 Å². The Labute approximate surface area is 125 Å². The van der Waals surface area contributed by atoms with Crippen LogP contribution in [0.5, 0.6) is 0 Å². The zero-order chi connectivity index (χ0) is 15.1. The minimum absolute atomic E-state index is 0.217. The second-order valence-corrected chi connectivity index (χ2v) is 7.32. The van der Waals surface area contributed by atoms with E-state index in [9.17, 15) is 8.42 Å². The van der Waals surface area contributed by atoms with Gasteiger partial charge < -0.3 is 5.32 Å². The lowest BCUT2D eigenvalue weighted by Gasteiger charge is -2.10. The van der Waals surface area contributed by atoms with Crippen molar-refractivity contribution >= 4 is 9.84 Å². The summed E-state index contributed by atoms with van der Waals surface area (Å²) in [6, 6.07) is 9.93. The molecule has 2 rings (SSSR count). The van der Waals surface area contributed by atoms with Crippen LogP contribution in [0.3, 0.4) is 0 Å². The van der Waals surface area contributed by atoms with Gasteiger partial charge in [0.2, 0.25) is 0 Å². The van der Waals surface area contributed by atoms with Crippen LogP contribution in [0.1, 0.15) is 18.9 Å². The number of benzene rings is 1. The Hall–Kier alpha value is -1.66. The molecule has 2 aromatic rings. The van der Waals surface area contributed by atoms with Crippen LogP contribution in [0, 0.1) is 0 Å². The van der Waals surface area contributed by atoms with Crippen LogP contribution >= 0.6 is 0 Å². The first-order chi connectivity index (χ1) is 10.1. The second-order valence-electron chi connectivity index (χ2n) is 4.85. The summed E-state index contributed by atoms with van der Waals surface area (Å²) in [4.78, 5) is 0. The molecule has 0 aliphatic rings. The first kappa shape index (κ1) is 15.7. The topological polar surface area (TPSA) is 64.0 Å². The van der Waals surface area contributed by atoms with E-state index in [1.54, 1.807) is 13.1 Å². The zero-order valence-electron chi connectivity index (χ0n) is 12.2. The fourth-order valence-electron chi connectivity index (χ4n) is 2.08. The third-order valence-electron chi connectivity index (χ3n) is 3.31. The van der Waals surface area contributed by atoms with E-state index in [1.165, 1.54) is 0 Å². The molecule has 0 saturated heterocycles. The fourth-order valence-corrected chi connectivity index (χ4v) is 2.95. The Morgan fingerprint density at radius 3 is 2.76 bits per heavy atom. The van der Waals surface area contributed by atoms with Gasteiger partial charge in [-0.2, -0.15) is 5.10 Å². The van der Waals surface area contributed by atoms with Gasteiger partial charge in [-0.1, -0.05) is 25.1 Å². The van der Waals surface area contributed by atoms with Crippen molar-refractivity contribution < 1.29 is 8.42 Å². The SMILES string of the molecule is CCS(=O)(=O)CCCNCc1ccccc1-n1cccn1. The van der Waals surface area contributed by atoms with Crippen molar-refractivity contribution in [3.05, 3.63) is 48.3 Å². The van der Waals surface area contributed by atoms with E-state index in [0.29, 0.717) is 19.5 Å². The van der Waals surface area contributed by atoms with Crippen molar-refractivity contribution in [2.24, 2.45) is 0 Å². The number of nitrogens with one attached hydrogen (secondary N) is 1. The monoisotopic (exact) mass is 307 g/mol. The number of rotatable bonds is 8. The molecular weight excluding hydrogens is 286 g/mol. The average Bonchev–Trinajstić information content (AvgIpc) is 3.01. The highest BCUT2D eigenvalue weighted by Crippen LogP contribution is 2.12. The number of hydrogen-bond acceptors (Lipinski definition) is 4. The molecule has 0 saturated carbocycles. The highest BCUT2D eigenvalue weighted by Gasteiger charge is 2.07. The summed E-state index contributed by atoms with van der Waals surface area (Å²) in [6.45, 7) is 3.07. The molecule has 0 atom stereocenters. The van der Waals surface area contributed by atoms with Gasteiger partial charge in [-0.3, -0.25) is 0 Å². The van der Waals surface area contributed by atoms with E-state index >= 15 is 0 Å². The van der Waals surface area contributed by atoms with Crippen LogP contribution in [0.2, 0.25) is 0 Å². The summed E-state index contributed by atoms with van der Waals surface area (Å²) in [5.74, 6) is 0.465. The molecule has 1 heterocycles. The van der Waals surface area contributed by atoms with Crippen molar-refractivity contribution in [2.75, 3.05) is 18.1 Å². The molecule has 0 aliphatic carbocycles. The predicted molar refractivity (Wildman–Crippen MR) is 84.2 cm³/mol. The standard InChI is InChI=1S/C15H21N3O2S/c1-2-21(19,20)12-6-9-16-13-14-7-3-4-8-15(14)18-11-5-10-17-18/h3-5,7-8,10-11,16H,2,6,9,12-13H2,1H3. The quantitative estimate of drug-likeness (QED) is 0.755. The van der Waals surface area contributed by atoms with Crippen molar-refractivity contribution in [1.29, 1.82) is 0 Å². The Kier molecular flexibility index (Phi) is 5.52. The third-order valence-corrected chi connectivity index (χ3v) is 5.10. The summed E-state index contributed by atoms with van der Waals surface area (Å²) >= 11 is 0. The Morgan fingerprint density at radius 1 is 1.24 bits per heavy atom. The van der Waals surface area contributed by atoms with Gasteiger partial charge in [0.15, 0.2) is 0 Å². The van der Waals surface area contributed by atoms with Crippen molar-refractivity contribution in [3.63, 3.8) is 0 Å². The first-order valence-corrected chi connectivity index (χ1v) is 8.93. The number of nitrogens with zero attached hydrogens (tertiary/aromatic N) is 2. The summed E-state index contributed by atoms with van der Waals surface area (Å²) in [7, 11) is -2.86. The lowest BCUT2D eigenvalue weighted by Crippen LogP contribution is -2.19. The van der Waals surface area contributed by atoms with Gasteiger partial charge in [0.1, 0.15) is 9.84 Å². The van der Waals surface area contributed by atoms with Crippen LogP contribution in [0.25, 0.3) is 5.69 Å². The van der Waals surface area contributed by atoms with Crippen LogP contribution in [-0.2, 0) is 16.4 Å². The molecule has 0 bridgehead atoms. The number of para-hydroxylation sites is 1. The molecule has 5 nitrogen and oxygen atoms in total. The predicted octanol–water partition coefficient (Wildman–Crippen LogP) is 1.79. The van der Waals surface area contributed by atoms with E-state index < -0.39 is 9.84 Å². The summed E-state index contributed by atoms with van der Waals surface area (Å²) in [5, 5.41) is 7.54. The Morgan fingerprint density at radius 2 is 2.05 bits per heavy atom. The van der Waals surface area contributed by atoms with Gasteiger partial charge in [0.25, 0.3) is 0 Å². The number of aromatic nitrogens is 2. The summed E-state index contributed by atoms with van der Waals surface area (Å²) < 4.78 is 24.6. The van der Waals surface area contributed by atoms with Gasteiger partial charge in [-0.15, -0.1) is 0 Å². The largest absolute Gasteiger partial charge is 0.313 e. The van der Waals surface area contributed by atoms with E-state index in [-0.39, 0.29) is 11.5 Å². The lowest BCUT2D eigenvalue weighted by molar-refractivity contribution is 0.589. The lowest BCUT2D eigenvalue weighted by atomic mass is 10.2. The summed E-state index contributed by atoms with van der Waals surface area (Å²) in [6.07, 6.45) is 4.30. The molecule has 0 unspecified atom stereocenters. The van der Waals surface area contributed by atoms with Crippen LogP contribution < -0.4 is 5.32 Å². The summed E-state index contributed by atoms with van der Waals surface area (Å²) in [5.41, 5.74) is 2.18. The molecule has 0 spiro atoms. The molecule has 0 amide bonds. The average molecular weight is 307 g/mol. The van der Waals surface area contributed by atoms with Gasteiger partial charge in [0.05, 0.1) is 11.4 Å². The minimum Gasteiger partial charge on any atom is -0.313 e. The highest BCUT2D eigenvalue weighted by atomic mass is 32.2. The van der Waals surface area contributed by atoms with E-state index in [0.717, 1.165) is 11.3 Å². The molecular formula is C15H21N3O2S. The maximum absolute atomic E-state index is 11.4. The molecule has 6 heteroatoms. The smallest absolute Gasteiger partial charge is 0.150 e. The molecule has 1 aromatic heterocycles. The highest BCUT2D eigenvalue weighted by molar-refractivity contribution is 7.91. The van der Waals surface area contributed by atoms with Crippen LogP contribution in [0.15, 0.2) is 42.7 Å². The third kappa shape index (κ3) is 4.68. The molecule has 0 aliphatic heterocycles. The molecule has 0 radical (unpaired) electrons. The van der Waals surface area contributed by atoms with E-state index in [4.69, 9.17) is 0 Å².